The van der Waals surface area contributed by atoms with Crippen molar-refractivity contribution in [2.75, 3.05) is 0 Å². The number of hydrogen-bond acceptors (Lipinski definition) is 3. The highest BCUT2D eigenvalue weighted by Gasteiger charge is 2.14. The average Bonchev–Trinajstić information content (AvgIpc) is 2.97. The first-order valence-corrected chi connectivity index (χ1v) is 9.40. The smallest absolute Gasteiger partial charge is 0.191 e. The molecular formula is C18H17Cl2N3S. The first kappa shape index (κ1) is 17.3. The van der Waals surface area contributed by atoms with Crippen molar-refractivity contribution < 1.29 is 0 Å². The van der Waals surface area contributed by atoms with Gasteiger partial charge in [0, 0.05) is 27.9 Å². The Balaban J connectivity index is 1.87. The van der Waals surface area contributed by atoms with Gasteiger partial charge in [0.15, 0.2) is 11.0 Å². The Morgan fingerprint density at radius 3 is 2.42 bits per heavy atom. The van der Waals surface area contributed by atoms with Crippen LogP contribution in [0.2, 0.25) is 10.0 Å². The number of nitrogens with zero attached hydrogens (tertiary/aromatic N) is 3. The van der Waals surface area contributed by atoms with Crippen LogP contribution in [0.5, 0.6) is 0 Å². The van der Waals surface area contributed by atoms with Crippen LogP contribution in [0.4, 0.5) is 0 Å². The number of rotatable bonds is 5. The van der Waals surface area contributed by atoms with E-state index >= 15 is 0 Å². The molecule has 0 aliphatic rings. The fraction of sp³-hybridized carbons (Fsp3) is 0.222. The summed E-state index contributed by atoms with van der Waals surface area (Å²) in [6.45, 7) is 4.97. The molecule has 0 saturated carbocycles. The minimum absolute atomic E-state index is 0.657. The second-order valence-electron chi connectivity index (χ2n) is 5.41. The molecule has 0 radical (unpaired) electrons. The van der Waals surface area contributed by atoms with E-state index in [4.69, 9.17) is 23.2 Å². The second-order valence-corrected chi connectivity index (χ2v) is 7.17. The molecule has 0 aliphatic heterocycles. The second kappa shape index (κ2) is 7.60. The van der Waals surface area contributed by atoms with Gasteiger partial charge in [-0.25, -0.2) is 0 Å². The molecule has 1 aromatic heterocycles. The summed E-state index contributed by atoms with van der Waals surface area (Å²) in [7, 11) is 0. The first-order chi connectivity index (χ1) is 11.6. The quantitative estimate of drug-likeness (QED) is 0.520. The third-order valence-corrected chi connectivity index (χ3v) is 5.42. The molecule has 0 saturated heterocycles. The molecule has 0 bridgehead atoms. The maximum Gasteiger partial charge on any atom is 0.191 e. The van der Waals surface area contributed by atoms with Crippen LogP contribution >= 0.6 is 35.0 Å². The van der Waals surface area contributed by atoms with E-state index in [1.54, 1.807) is 11.8 Å². The van der Waals surface area contributed by atoms with Crippen molar-refractivity contribution >= 4 is 35.0 Å². The zero-order chi connectivity index (χ0) is 17.1. The Bertz CT molecular complexity index is 841. The molecule has 0 spiro atoms. The van der Waals surface area contributed by atoms with E-state index in [9.17, 15) is 0 Å². The zero-order valence-electron chi connectivity index (χ0n) is 13.5. The molecule has 0 fully saturated rings. The van der Waals surface area contributed by atoms with Gasteiger partial charge in [0.2, 0.25) is 0 Å². The summed E-state index contributed by atoms with van der Waals surface area (Å²) in [6.07, 6.45) is 0. The van der Waals surface area contributed by atoms with Crippen molar-refractivity contribution in [1.82, 2.24) is 14.8 Å². The molecule has 24 heavy (non-hydrogen) atoms. The maximum absolute atomic E-state index is 6.25. The molecular weight excluding hydrogens is 361 g/mol. The third kappa shape index (κ3) is 3.61. The number of halogens is 2. The third-order valence-electron chi connectivity index (χ3n) is 3.72. The first-order valence-electron chi connectivity index (χ1n) is 7.66. The molecule has 1 heterocycles. The van der Waals surface area contributed by atoms with Gasteiger partial charge in [-0.1, -0.05) is 64.8 Å². The Hall–Kier alpha value is -1.49. The lowest BCUT2D eigenvalue weighted by Gasteiger charge is -2.09. The number of aryl methyl sites for hydroxylation is 1. The van der Waals surface area contributed by atoms with Crippen LogP contribution in [0.3, 0.4) is 0 Å². The van der Waals surface area contributed by atoms with E-state index in [2.05, 4.69) is 46.8 Å². The van der Waals surface area contributed by atoms with Crippen molar-refractivity contribution in [3.63, 3.8) is 0 Å². The largest absolute Gasteiger partial charge is 0.302 e. The monoisotopic (exact) mass is 377 g/mol. The summed E-state index contributed by atoms with van der Waals surface area (Å²) in [5.41, 5.74) is 3.20. The summed E-state index contributed by atoms with van der Waals surface area (Å²) in [5.74, 6) is 1.54. The highest BCUT2D eigenvalue weighted by Crippen LogP contribution is 2.32. The Morgan fingerprint density at radius 2 is 1.75 bits per heavy atom. The van der Waals surface area contributed by atoms with Gasteiger partial charge >= 0.3 is 0 Å². The number of aromatic nitrogens is 3. The van der Waals surface area contributed by atoms with Crippen molar-refractivity contribution in [2.45, 2.75) is 31.3 Å². The lowest BCUT2D eigenvalue weighted by molar-refractivity contribution is 0.687. The minimum atomic E-state index is 0.657. The van der Waals surface area contributed by atoms with Crippen LogP contribution < -0.4 is 0 Å². The Kier molecular flexibility index (Phi) is 5.49. The predicted molar refractivity (Wildman–Crippen MR) is 102 cm³/mol. The minimum Gasteiger partial charge on any atom is -0.302 e. The predicted octanol–water partition coefficient (Wildman–Crippen LogP) is 5.87. The lowest BCUT2D eigenvalue weighted by atomic mass is 10.1. The summed E-state index contributed by atoms with van der Waals surface area (Å²) in [4.78, 5) is 0. The highest BCUT2D eigenvalue weighted by atomic mass is 35.5. The zero-order valence-corrected chi connectivity index (χ0v) is 15.8. The van der Waals surface area contributed by atoms with Crippen LogP contribution in [-0.4, -0.2) is 14.8 Å². The van der Waals surface area contributed by atoms with Gasteiger partial charge in [-0.15, -0.1) is 10.2 Å². The lowest BCUT2D eigenvalue weighted by Crippen LogP contribution is -2.00. The van der Waals surface area contributed by atoms with Gasteiger partial charge in [0.1, 0.15) is 0 Å². The highest BCUT2D eigenvalue weighted by molar-refractivity contribution is 7.98. The summed E-state index contributed by atoms with van der Waals surface area (Å²) in [6, 6.07) is 13.8. The fourth-order valence-corrected chi connectivity index (χ4v) is 4.23. The summed E-state index contributed by atoms with van der Waals surface area (Å²) < 4.78 is 2.12. The fourth-order valence-electron chi connectivity index (χ4n) is 2.49. The van der Waals surface area contributed by atoms with Gasteiger partial charge in [0.05, 0.1) is 0 Å². The molecule has 3 rings (SSSR count). The number of benzene rings is 2. The van der Waals surface area contributed by atoms with Crippen molar-refractivity contribution in [3.8, 4) is 11.4 Å². The molecule has 3 nitrogen and oxygen atoms in total. The normalized spacial score (nSPS) is 11.0. The topological polar surface area (TPSA) is 30.7 Å². The van der Waals surface area contributed by atoms with E-state index in [1.165, 1.54) is 5.56 Å². The van der Waals surface area contributed by atoms with Crippen LogP contribution in [0, 0.1) is 6.92 Å². The SMILES string of the molecule is CCn1c(SCc2c(Cl)cccc2Cl)nnc1-c1cccc(C)c1. The molecule has 2 aromatic carbocycles. The summed E-state index contributed by atoms with van der Waals surface area (Å²) >= 11 is 14.1. The maximum atomic E-state index is 6.25. The van der Waals surface area contributed by atoms with Crippen LogP contribution in [0.1, 0.15) is 18.1 Å². The standard InChI is InChI=1S/C18H17Cl2N3S/c1-3-23-17(13-7-4-6-12(2)10-13)21-22-18(23)24-11-14-15(19)8-5-9-16(14)20/h4-10H,3,11H2,1-2H3. The number of hydrogen-bond donors (Lipinski definition) is 0. The van der Waals surface area contributed by atoms with Gasteiger partial charge in [-0.2, -0.15) is 0 Å². The van der Waals surface area contributed by atoms with Gasteiger partial charge < -0.3 is 4.57 Å². The van der Waals surface area contributed by atoms with Crippen LogP contribution in [-0.2, 0) is 12.3 Å². The number of thioether (sulfide) groups is 1. The average molecular weight is 378 g/mol. The molecule has 0 amide bonds. The summed E-state index contributed by atoms with van der Waals surface area (Å²) in [5, 5.41) is 11.0. The van der Waals surface area contributed by atoms with Crippen molar-refractivity contribution in [3.05, 3.63) is 63.6 Å². The van der Waals surface area contributed by atoms with Crippen LogP contribution in [0.15, 0.2) is 47.6 Å². The molecule has 124 valence electrons. The van der Waals surface area contributed by atoms with E-state index in [0.717, 1.165) is 28.7 Å². The molecule has 6 heteroatoms. The van der Waals surface area contributed by atoms with E-state index in [1.807, 2.05) is 24.3 Å². The van der Waals surface area contributed by atoms with E-state index < -0.39 is 0 Å². The molecule has 0 aliphatic carbocycles. The van der Waals surface area contributed by atoms with Crippen molar-refractivity contribution in [1.29, 1.82) is 0 Å². The molecule has 0 unspecified atom stereocenters. The van der Waals surface area contributed by atoms with E-state index in [0.29, 0.717) is 15.8 Å². The molecule has 0 atom stereocenters. The molecule has 0 N–H and O–H groups in total. The van der Waals surface area contributed by atoms with Crippen molar-refractivity contribution in [2.24, 2.45) is 0 Å². The Morgan fingerprint density at radius 1 is 1.04 bits per heavy atom. The van der Waals surface area contributed by atoms with Gasteiger partial charge in [0.25, 0.3) is 0 Å². The van der Waals surface area contributed by atoms with E-state index in [-0.39, 0.29) is 0 Å². The van der Waals surface area contributed by atoms with Crippen LogP contribution in [0.25, 0.3) is 11.4 Å². The van der Waals surface area contributed by atoms with Gasteiger partial charge in [-0.3, -0.25) is 0 Å². The van der Waals surface area contributed by atoms with Gasteiger partial charge in [-0.05, 0) is 37.6 Å². The Labute approximate surface area is 156 Å². The molecule has 3 aromatic rings.